The summed E-state index contributed by atoms with van der Waals surface area (Å²) >= 11 is 0. The van der Waals surface area contributed by atoms with Crippen LogP contribution in [-0.4, -0.2) is 51.3 Å². The Morgan fingerprint density at radius 3 is 2.86 bits per heavy atom. The SMILES string of the molecule is CN(C)c1cccc(C(=O)N[C@@H]2COC3(CCNCC3)C2)c1. The highest BCUT2D eigenvalue weighted by Gasteiger charge is 2.41. The normalized spacial score (nSPS) is 23.5. The Morgan fingerprint density at radius 2 is 2.14 bits per heavy atom. The summed E-state index contributed by atoms with van der Waals surface area (Å²) in [4.78, 5) is 14.4. The largest absolute Gasteiger partial charge is 0.378 e. The third-order valence-corrected chi connectivity index (χ3v) is 4.68. The van der Waals surface area contributed by atoms with Crippen LogP contribution in [0.15, 0.2) is 24.3 Å². The first kappa shape index (κ1) is 15.3. The van der Waals surface area contributed by atoms with Gasteiger partial charge in [0.25, 0.3) is 5.91 Å². The molecule has 1 atom stereocenters. The van der Waals surface area contributed by atoms with Gasteiger partial charge in [-0.3, -0.25) is 4.79 Å². The van der Waals surface area contributed by atoms with Crippen LogP contribution in [0.4, 0.5) is 5.69 Å². The Kier molecular flexibility index (Phi) is 4.36. The number of hydrogen-bond acceptors (Lipinski definition) is 4. The molecule has 1 amide bonds. The van der Waals surface area contributed by atoms with Crippen LogP contribution in [0.1, 0.15) is 29.6 Å². The van der Waals surface area contributed by atoms with Crippen LogP contribution in [-0.2, 0) is 4.74 Å². The minimum atomic E-state index is -0.0192. The molecule has 5 nitrogen and oxygen atoms in total. The van der Waals surface area contributed by atoms with Crippen LogP contribution < -0.4 is 15.5 Å². The van der Waals surface area contributed by atoms with Crippen LogP contribution in [0.5, 0.6) is 0 Å². The van der Waals surface area contributed by atoms with E-state index in [0.29, 0.717) is 12.2 Å². The smallest absolute Gasteiger partial charge is 0.251 e. The number of rotatable bonds is 3. The molecule has 0 radical (unpaired) electrons. The fraction of sp³-hybridized carbons (Fsp3) is 0.588. The number of nitrogens with zero attached hydrogens (tertiary/aromatic N) is 1. The summed E-state index contributed by atoms with van der Waals surface area (Å²) in [6.07, 6.45) is 3.00. The van der Waals surface area contributed by atoms with Gasteiger partial charge >= 0.3 is 0 Å². The van der Waals surface area contributed by atoms with Crippen LogP contribution >= 0.6 is 0 Å². The van der Waals surface area contributed by atoms with Gasteiger partial charge in [-0.25, -0.2) is 0 Å². The highest BCUT2D eigenvalue weighted by atomic mass is 16.5. The molecule has 2 saturated heterocycles. The third kappa shape index (κ3) is 3.25. The number of ether oxygens (including phenoxy) is 1. The zero-order valence-electron chi connectivity index (χ0n) is 13.4. The second-order valence-corrected chi connectivity index (χ2v) is 6.56. The molecule has 120 valence electrons. The van der Waals surface area contributed by atoms with E-state index >= 15 is 0 Å². The minimum absolute atomic E-state index is 0.0108. The monoisotopic (exact) mass is 303 g/mol. The number of amides is 1. The summed E-state index contributed by atoms with van der Waals surface area (Å²) < 4.78 is 6.03. The number of piperidine rings is 1. The molecule has 0 unspecified atom stereocenters. The van der Waals surface area contributed by atoms with Gasteiger partial charge in [-0.1, -0.05) is 6.07 Å². The first-order valence-corrected chi connectivity index (χ1v) is 8.01. The van der Waals surface area contributed by atoms with E-state index in [-0.39, 0.29) is 17.6 Å². The Bertz CT molecular complexity index is 538. The van der Waals surface area contributed by atoms with E-state index in [2.05, 4.69) is 10.6 Å². The lowest BCUT2D eigenvalue weighted by atomic mass is 9.88. The maximum absolute atomic E-state index is 12.4. The van der Waals surface area contributed by atoms with Gasteiger partial charge < -0.3 is 20.3 Å². The van der Waals surface area contributed by atoms with Crippen molar-refractivity contribution in [3.63, 3.8) is 0 Å². The number of anilines is 1. The molecular weight excluding hydrogens is 278 g/mol. The Hall–Kier alpha value is -1.59. The van der Waals surface area contributed by atoms with Crippen molar-refractivity contribution < 1.29 is 9.53 Å². The zero-order valence-corrected chi connectivity index (χ0v) is 13.4. The van der Waals surface area contributed by atoms with Gasteiger partial charge in [0, 0.05) is 25.3 Å². The highest BCUT2D eigenvalue weighted by molar-refractivity contribution is 5.95. The van der Waals surface area contributed by atoms with E-state index in [1.807, 2.05) is 43.3 Å². The summed E-state index contributed by atoms with van der Waals surface area (Å²) in [6, 6.07) is 7.82. The molecule has 2 aliphatic rings. The van der Waals surface area contributed by atoms with Crippen LogP contribution in [0.25, 0.3) is 0 Å². The molecule has 1 spiro atoms. The van der Waals surface area contributed by atoms with Gasteiger partial charge in [0.05, 0.1) is 18.2 Å². The lowest BCUT2D eigenvalue weighted by Gasteiger charge is -2.32. The lowest BCUT2D eigenvalue weighted by Crippen LogP contribution is -2.43. The molecule has 2 heterocycles. The van der Waals surface area contributed by atoms with E-state index in [1.165, 1.54) is 0 Å². The third-order valence-electron chi connectivity index (χ3n) is 4.68. The molecule has 0 aromatic heterocycles. The van der Waals surface area contributed by atoms with E-state index in [1.54, 1.807) is 0 Å². The standard InChI is InChI=1S/C17H25N3O2/c1-20(2)15-5-3-4-13(10-15)16(21)19-14-11-17(22-12-14)6-8-18-9-7-17/h3-5,10,14,18H,6-9,11-12H2,1-2H3,(H,19,21)/t14-/m0/s1. The summed E-state index contributed by atoms with van der Waals surface area (Å²) in [5, 5.41) is 6.49. The van der Waals surface area contributed by atoms with Crippen molar-refractivity contribution in [1.29, 1.82) is 0 Å². The molecule has 0 aliphatic carbocycles. The Morgan fingerprint density at radius 1 is 1.36 bits per heavy atom. The quantitative estimate of drug-likeness (QED) is 0.886. The van der Waals surface area contributed by atoms with Crippen molar-refractivity contribution in [2.45, 2.75) is 30.9 Å². The average molecular weight is 303 g/mol. The Balaban J connectivity index is 1.61. The van der Waals surface area contributed by atoms with Crippen molar-refractivity contribution >= 4 is 11.6 Å². The van der Waals surface area contributed by atoms with E-state index in [4.69, 9.17) is 4.74 Å². The maximum Gasteiger partial charge on any atom is 0.251 e. The van der Waals surface area contributed by atoms with E-state index in [0.717, 1.165) is 38.0 Å². The molecule has 1 aromatic carbocycles. The van der Waals surface area contributed by atoms with Crippen LogP contribution in [0, 0.1) is 0 Å². The van der Waals surface area contributed by atoms with Gasteiger partial charge in [0.2, 0.25) is 0 Å². The van der Waals surface area contributed by atoms with Gasteiger partial charge in [0.1, 0.15) is 0 Å². The molecule has 2 N–H and O–H groups in total. The summed E-state index contributed by atoms with van der Waals surface area (Å²) in [7, 11) is 3.95. The maximum atomic E-state index is 12.4. The van der Waals surface area contributed by atoms with Crippen molar-refractivity contribution in [3.8, 4) is 0 Å². The molecular formula is C17H25N3O2. The van der Waals surface area contributed by atoms with Crippen molar-refractivity contribution in [2.24, 2.45) is 0 Å². The van der Waals surface area contributed by atoms with Crippen molar-refractivity contribution in [2.75, 3.05) is 38.7 Å². The molecule has 0 saturated carbocycles. The number of nitrogens with one attached hydrogen (secondary N) is 2. The highest BCUT2D eigenvalue weighted by Crippen LogP contribution is 2.34. The van der Waals surface area contributed by atoms with E-state index < -0.39 is 0 Å². The molecule has 1 aromatic rings. The second kappa shape index (κ2) is 6.26. The van der Waals surface area contributed by atoms with Gasteiger partial charge in [-0.15, -0.1) is 0 Å². The number of benzene rings is 1. The number of carbonyl (C=O) groups excluding carboxylic acids is 1. The Labute approximate surface area is 132 Å². The van der Waals surface area contributed by atoms with E-state index in [9.17, 15) is 4.79 Å². The zero-order chi connectivity index (χ0) is 15.6. The second-order valence-electron chi connectivity index (χ2n) is 6.56. The molecule has 0 bridgehead atoms. The summed E-state index contributed by atoms with van der Waals surface area (Å²) in [5.41, 5.74) is 1.72. The van der Waals surface area contributed by atoms with Gasteiger partial charge in [0.15, 0.2) is 0 Å². The predicted octanol–water partition coefficient (Wildman–Crippen LogP) is 1.39. The van der Waals surface area contributed by atoms with Crippen LogP contribution in [0.2, 0.25) is 0 Å². The fourth-order valence-electron chi connectivity index (χ4n) is 3.36. The molecule has 3 rings (SSSR count). The first-order chi connectivity index (χ1) is 10.6. The topological polar surface area (TPSA) is 53.6 Å². The first-order valence-electron chi connectivity index (χ1n) is 8.01. The van der Waals surface area contributed by atoms with Gasteiger partial charge in [-0.05, 0) is 50.6 Å². The molecule has 22 heavy (non-hydrogen) atoms. The minimum Gasteiger partial charge on any atom is -0.378 e. The van der Waals surface area contributed by atoms with Crippen molar-refractivity contribution in [1.82, 2.24) is 10.6 Å². The van der Waals surface area contributed by atoms with Crippen LogP contribution in [0.3, 0.4) is 0 Å². The summed E-state index contributed by atoms with van der Waals surface area (Å²) in [6.45, 7) is 2.64. The lowest BCUT2D eigenvalue weighted by molar-refractivity contribution is -0.0194. The average Bonchev–Trinajstić information content (AvgIpc) is 2.90. The fourth-order valence-corrected chi connectivity index (χ4v) is 3.36. The van der Waals surface area contributed by atoms with Crippen molar-refractivity contribution in [3.05, 3.63) is 29.8 Å². The molecule has 2 fully saturated rings. The number of hydrogen-bond donors (Lipinski definition) is 2. The molecule has 5 heteroatoms. The number of carbonyl (C=O) groups is 1. The molecule has 2 aliphatic heterocycles. The predicted molar refractivity (Wildman–Crippen MR) is 87.4 cm³/mol. The van der Waals surface area contributed by atoms with Gasteiger partial charge in [-0.2, -0.15) is 0 Å². The summed E-state index contributed by atoms with van der Waals surface area (Å²) in [5.74, 6) is -0.0108.